The van der Waals surface area contributed by atoms with Crippen LogP contribution in [0.2, 0.25) is 0 Å². The van der Waals surface area contributed by atoms with E-state index in [1.165, 1.54) is 33.3 Å². The summed E-state index contributed by atoms with van der Waals surface area (Å²) in [5.74, 6) is 0. The zero-order valence-corrected chi connectivity index (χ0v) is 24.9. The quantitative estimate of drug-likeness (QED) is 0.273. The molecule has 5 aromatic rings. The van der Waals surface area contributed by atoms with Gasteiger partial charge in [0, 0.05) is 0 Å². The van der Waals surface area contributed by atoms with Crippen LogP contribution in [0.5, 0.6) is 0 Å². The van der Waals surface area contributed by atoms with Crippen molar-refractivity contribution in [3.63, 3.8) is 0 Å². The van der Waals surface area contributed by atoms with Crippen molar-refractivity contribution in [2.45, 2.75) is 45.7 Å². The zero-order chi connectivity index (χ0) is 25.4. The van der Waals surface area contributed by atoms with Crippen LogP contribution in [-0.2, 0) is 0 Å². The van der Waals surface area contributed by atoms with Crippen LogP contribution in [0.4, 0.5) is 0 Å². The molecule has 3 aromatic carbocycles. The van der Waals surface area contributed by atoms with Crippen LogP contribution in [0, 0.1) is 41.5 Å². The third kappa shape index (κ3) is 3.83. The molecule has 0 atom stereocenters. The maximum absolute atomic E-state index is 5.22. The molecular formula is C31H34N4Sn. The second-order valence-electron chi connectivity index (χ2n) is 9.76. The number of hydrogen-bond acceptors (Lipinski definition) is 2. The fourth-order valence-corrected chi connectivity index (χ4v) is 20.6. The molecule has 2 heterocycles. The van der Waals surface area contributed by atoms with E-state index < -0.39 is 18.4 Å². The van der Waals surface area contributed by atoms with E-state index in [-0.39, 0.29) is 4.18 Å². The summed E-state index contributed by atoms with van der Waals surface area (Å²) in [5.41, 5.74) is 7.04. The fraction of sp³-hybridized carbons (Fsp3) is 0.226. The van der Waals surface area contributed by atoms with Crippen LogP contribution in [0.25, 0.3) is 0 Å². The molecule has 5 heteroatoms. The van der Waals surface area contributed by atoms with E-state index in [2.05, 4.69) is 142 Å². The topological polar surface area (TPSA) is 35.6 Å². The first-order valence-corrected chi connectivity index (χ1v) is 18.5. The Labute approximate surface area is 218 Å². The Bertz CT molecular complexity index is 1340. The molecule has 36 heavy (non-hydrogen) atoms. The van der Waals surface area contributed by atoms with Crippen molar-refractivity contribution in [2.75, 3.05) is 0 Å². The molecule has 0 unspecified atom stereocenters. The van der Waals surface area contributed by atoms with Crippen LogP contribution in [0.15, 0.2) is 91.0 Å². The minimum atomic E-state index is -3.95. The molecule has 4 nitrogen and oxygen atoms in total. The van der Waals surface area contributed by atoms with E-state index in [1.807, 2.05) is 0 Å². The van der Waals surface area contributed by atoms with Gasteiger partial charge >= 0.3 is 219 Å². The summed E-state index contributed by atoms with van der Waals surface area (Å²) >= 11 is -3.95. The Morgan fingerprint density at radius 2 is 0.806 bits per heavy atom. The van der Waals surface area contributed by atoms with Gasteiger partial charge in [0.1, 0.15) is 0 Å². The van der Waals surface area contributed by atoms with Gasteiger partial charge in [0.05, 0.1) is 0 Å². The predicted molar refractivity (Wildman–Crippen MR) is 151 cm³/mol. The Morgan fingerprint density at radius 3 is 1.06 bits per heavy atom. The molecule has 0 radical (unpaired) electrons. The Kier molecular flexibility index (Phi) is 6.64. The van der Waals surface area contributed by atoms with Crippen LogP contribution < -0.4 is 10.7 Å². The molecule has 0 aliphatic carbocycles. The van der Waals surface area contributed by atoms with Crippen molar-refractivity contribution in [3.8, 4) is 0 Å². The van der Waals surface area contributed by atoms with Gasteiger partial charge in [-0.1, -0.05) is 0 Å². The predicted octanol–water partition coefficient (Wildman–Crippen LogP) is 4.69. The van der Waals surface area contributed by atoms with Crippen molar-refractivity contribution >= 4 is 29.1 Å². The molecule has 0 bridgehead atoms. The molecule has 2 aromatic heterocycles. The van der Waals surface area contributed by atoms with Gasteiger partial charge in [-0.15, -0.1) is 0 Å². The van der Waals surface area contributed by atoms with Crippen LogP contribution in [0.3, 0.4) is 0 Å². The molecule has 0 saturated heterocycles. The number of benzene rings is 3. The molecule has 0 saturated carbocycles. The zero-order valence-electron chi connectivity index (χ0n) is 22.0. The third-order valence-corrected chi connectivity index (χ3v) is 22.2. The minimum absolute atomic E-state index is 0.0636. The molecule has 0 spiro atoms. The average Bonchev–Trinajstić information content (AvgIpc) is 3.32. The number of aromatic nitrogens is 4. The van der Waals surface area contributed by atoms with Gasteiger partial charge in [-0.05, 0) is 0 Å². The summed E-state index contributed by atoms with van der Waals surface area (Å²) in [6.45, 7) is 13.0. The number of hydrogen-bond donors (Lipinski definition) is 0. The van der Waals surface area contributed by atoms with E-state index in [1.54, 1.807) is 0 Å². The van der Waals surface area contributed by atoms with E-state index in [0.717, 1.165) is 11.4 Å². The fourth-order valence-electron chi connectivity index (χ4n) is 5.49. The molecule has 0 aliphatic heterocycles. The summed E-state index contributed by atoms with van der Waals surface area (Å²) in [5, 5.41) is 10.4. The van der Waals surface area contributed by atoms with Crippen molar-refractivity contribution in [2.24, 2.45) is 0 Å². The molecule has 0 N–H and O–H groups in total. The Hall–Kier alpha value is -3.12. The second-order valence-corrected chi connectivity index (χ2v) is 20.8. The van der Waals surface area contributed by atoms with Gasteiger partial charge in [-0.25, -0.2) is 0 Å². The van der Waals surface area contributed by atoms with Crippen molar-refractivity contribution < 1.29 is 0 Å². The SMILES string of the molecule is Cc1nn([CH](n2nc(C)c(C)c2C)[Sn]([c]2ccccc2)([c]2ccccc2)[c]2ccccc2)c(C)c1C. The average molecular weight is 581 g/mol. The van der Waals surface area contributed by atoms with Gasteiger partial charge in [0.25, 0.3) is 0 Å². The standard InChI is InChI=1S/C13H19N4.3C6H5.Sn/c1-8-10(3)14-16(12(8)5)7-17-13(6)9(2)11(4)15-17;3*1-2-4-6-5-3-1;/h7H,1-6H3;3*1-5H;. The normalized spacial score (nSPS) is 11.9. The van der Waals surface area contributed by atoms with E-state index in [0.29, 0.717) is 0 Å². The van der Waals surface area contributed by atoms with Crippen LogP contribution in [0.1, 0.15) is 38.1 Å². The molecular weight excluding hydrogens is 547 g/mol. The van der Waals surface area contributed by atoms with Crippen LogP contribution >= 0.6 is 0 Å². The molecule has 0 fully saturated rings. The second kappa shape index (κ2) is 9.73. The van der Waals surface area contributed by atoms with Crippen molar-refractivity contribution in [3.05, 3.63) is 125 Å². The van der Waals surface area contributed by atoms with Crippen molar-refractivity contribution in [1.82, 2.24) is 19.6 Å². The number of nitrogens with zero attached hydrogens (tertiary/aromatic N) is 4. The summed E-state index contributed by atoms with van der Waals surface area (Å²) in [7, 11) is 0. The first kappa shape index (κ1) is 24.6. The first-order chi connectivity index (χ1) is 17.4. The van der Waals surface area contributed by atoms with Gasteiger partial charge in [0.2, 0.25) is 0 Å². The summed E-state index contributed by atoms with van der Waals surface area (Å²) < 4.78 is 8.75. The molecule has 0 amide bonds. The van der Waals surface area contributed by atoms with Crippen LogP contribution in [-0.4, -0.2) is 37.9 Å². The van der Waals surface area contributed by atoms with Gasteiger partial charge in [-0.3, -0.25) is 0 Å². The first-order valence-electron chi connectivity index (χ1n) is 12.6. The molecule has 5 rings (SSSR count). The van der Waals surface area contributed by atoms with E-state index in [9.17, 15) is 0 Å². The summed E-state index contributed by atoms with van der Waals surface area (Å²) in [6, 6.07) is 33.5. The van der Waals surface area contributed by atoms with Gasteiger partial charge < -0.3 is 0 Å². The Morgan fingerprint density at radius 1 is 0.500 bits per heavy atom. The number of rotatable bonds is 6. The summed E-state index contributed by atoms with van der Waals surface area (Å²) in [4.78, 5) is 0. The van der Waals surface area contributed by atoms with Gasteiger partial charge in [0.15, 0.2) is 0 Å². The molecule has 0 aliphatic rings. The number of aryl methyl sites for hydroxylation is 2. The monoisotopic (exact) mass is 582 g/mol. The Balaban J connectivity index is 2.01. The summed E-state index contributed by atoms with van der Waals surface area (Å²) in [6.07, 6.45) is 0. The maximum atomic E-state index is 5.22. The third-order valence-electron chi connectivity index (χ3n) is 7.91. The van der Waals surface area contributed by atoms with E-state index >= 15 is 0 Å². The molecule has 182 valence electrons. The van der Waals surface area contributed by atoms with E-state index in [4.69, 9.17) is 10.2 Å². The van der Waals surface area contributed by atoms with Gasteiger partial charge in [-0.2, -0.15) is 0 Å². The van der Waals surface area contributed by atoms with Crippen molar-refractivity contribution in [1.29, 1.82) is 0 Å².